The second kappa shape index (κ2) is 10.8. The summed E-state index contributed by atoms with van der Waals surface area (Å²) in [4.78, 5) is 23.3. The van der Waals surface area contributed by atoms with Crippen molar-refractivity contribution < 1.29 is 37.0 Å². The van der Waals surface area contributed by atoms with Crippen LogP contribution in [-0.2, 0) is 14.8 Å². The molecule has 0 saturated carbocycles. The highest BCUT2D eigenvalue weighted by Crippen LogP contribution is 2.40. The van der Waals surface area contributed by atoms with Crippen molar-refractivity contribution in [1.82, 2.24) is 5.32 Å². The first-order valence-electron chi connectivity index (χ1n) is 10.7. The van der Waals surface area contributed by atoms with Crippen LogP contribution in [0.25, 0.3) is 6.08 Å². The molecule has 37 heavy (non-hydrogen) atoms. The number of rotatable bonds is 9. The van der Waals surface area contributed by atoms with Crippen LogP contribution in [0.4, 0.5) is 10.5 Å². The first-order valence-corrected chi connectivity index (χ1v) is 13.0. The van der Waals surface area contributed by atoms with Gasteiger partial charge < -0.3 is 18.9 Å². The average Bonchev–Trinajstić information content (AvgIpc) is 3.20. The number of hydrogen-bond acceptors (Lipinski definition) is 9. The van der Waals surface area contributed by atoms with Crippen molar-refractivity contribution in [2.75, 3.05) is 26.1 Å². The Hall–Kier alpha value is -4.16. The van der Waals surface area contributed by atoms with Crippen LogP contribution in [0.1, 0.15) is 5.56 Å². The Morgan fingerprint density at radius 3 is 1.89 bits per heavy atom. The van der Waals surface area contributed by atoms with Gasteiger partial charge in [-0.2, -0.15) is 0 Å². The molecule has 4 rings (SSSR count). The first kappa shape index (κ1) is 25.9. The van der Waals surface area contributed by atoms with E-state index in [2.05, 4.69) is 10.0 Å². The third-order valence-corrected chi connectivity index (χ3v) is 7.31. The number of hydrogen-bond donors (Lipinski definition) is 2. The molecule has 2 N–H and O–H groups in total. The van der Waals surface area contributed by atoms with Crippen molar-refractivity contribution in [3.05, 3.63) is 71.1 Å². The number of ether oxygens (including phenoxy) is 4. The fourth-order valence-electron chi connectivity index (χ4n) is 3.38. The molecule has 1 aliphatic heterocycles. The summed E-state index contributed by atoms with van der Waals surface area (Å²) in [6.07, 6.45) is 1.61. The first-order chi connectivity index (χ1) is 17.7. The molecule has 1 aliphatic rings. The largest absolute Gasteiger partial charge is 0.493 e. The van der Waals surface area contributed by atoms with E-state index in [0.717, 1.165) is 17.3 Å². The second-order valence-corrected chi connectivity index (χ2v) is 10.2. The Morgan fingerprint density at radius 2 is 1.41 bits per heavy atom. The van der Waals surface area contributed by atoms with Gasteiger partial charge in [0.1, 0.15) is 11.5 Å². The summed E-state index contributed by atoms with van der Waals surface area (Å²) in [5.74, 6) is 1.47. The summed E-state index contributed by atoms with van der Waals surface area (Å²) >= 11 is 0.842. The fourth-order valence-corrected chi connectivity index (χ4v) is 5.10. The summed E-state index contributed by atoms with van der Waals surface area (Å²) in [5.41, 5.74) is 0.960. The van der Waals surface area contributed by atoms with E-state index in [1.54, 1.807) is 30.3 Å². The van der Waals surface area contributed by atoms with Gasteiger partial charge in [-0.15, -0.1) is 0 Å². The summed E-state index contributed by atoms with van der Waals surface area (Å²) in [5, 5.41) is 1.80. The molecule has 0 aliphatic carbocycles. The standard InChI is InChI=1S/C25H22N2O8S2/c1-32-20-13-16(14-21(33-2)23(20)34-3)27-37(30,31)19-10-8-18(9-11-19)35-17-6-4-15(5-7-17)12-22-24(28)26-25(29)36-22/h4-14,27H,1-3H3,(H,26,28,29). The molecule has 0 aromatic heterocycles. The van der Waals surface area contributed by atoms with Crippen molar-refractivity contribution in [3.8, 4) is 28.7 Å². The van der Waals surface area contributed by atoms with Crippen LogP contribution in [0.5, 0.6) is 28.7 Å². The quantitative estimate of drug-likeness (QED) is 0.372. The van der Waals surface area contributed by atoms with E-state index in [-0.39, 0.29) is 10.6 Å². The number of amides is 2. The third kappa shape index (κ3) is 5.98. The molecular formula is C25H22N2O8S2. The predicted octanol–water partition coefficient (Wildman–Crippen LogP) is 4.63. The smallest absolute Gasteiger partial charge is 0.290 e. The van der Waals surface area contributed by atoms with Crippen molar-refractivity contribution in [2.24, 2.45) is 0 Å². The molecule has 0 radical (unpaired) electrons. The topological polar surface area (TPSA) is 129 Å². The number of carbonyl (C=O) groups excluding carboxylic acids is 2. The Labute approximate surface area is 217 Å². The van der Waals surface area contributed by atoms with Crippen LogP contribution in [-0.4, -0.2) is 40.9 Å². The number of anilines is 1. The molecule has 3 aromatic carbocycles. The lowest BCUT2D eigenvalue weighted by atomic mass is 10.2. The third-order valence-electron chi connectivity index (χ3n) is 5.11. The van der Waals surface area contributed by atoms with Gasteiger partial charge in [0.15, 0.2) is 11.5 Å². The molecule has 1 saturated heterocycles. The van der Waals surface area contributed by atoms with Gasteiger partial charge in [0.05, 0.1) is 36.8 Å². The van der Waals surface area contributed by atoms with Gasteiger partial charge in [0, 0.05) is 12.1 Å². The number of methoxy groups -OCH3 is 3. The zero-order valence-electron chi connectivity index (χ0n) is 19.9. The zero-order chi connectivity index (χ0) is 26.6. The Balaban J connectivity index is 1.45. The molecule has 192 valence electrons. The van der Waals surface area contributed by atoms with Crippen LogP contribution < -0.4 is 29.0 Å². The SMILES string of the molecule is COc1cc(NS(=O)(=O)c2ccc(Oc3ccc(C=C4SC(=O)NC4=O)cc3)cc2)cc(OC)c1OC. The molecule has 0 atom stereocenters. The molecule has 3 aromatic rings. The van der Waals surface area contributed by atoms with Crippen molar-refractivity contribution in [3.63, 3.8) is 0 Å². The van der Waals surface area contributed by atoms with E-state index in [1.165, 1.54) is 57.7 Å². The van der Waals surface area contributed by atoms with E-state index < -0.39 is 21.2 Å². The minimum absolute atomic E-state index is 0.0254. The fraction of sp³-hybridized carbons (Fsp3) is 0.120. The van der Waals surface area contributed by atoms with E-state index in [0.29, 0.717) is 33.7 Å². The lowest BCUT2D eigenvalue weighted by Crippen LogP contribution is -2.17. The monoisotopic (exact) mass is 542 g/mol. The molecule has 0 spiro atoms. The molecule has 1 heterocycles. The van der Waals surface area contributed by atoms with Crippen LogP contribution in [0, 0.1) is 0 Å². The zero-order valence-corrected chi connectivity index (χ0v) is 21.6. The lowest BCUT2D eigenvalue weighted by Gasteiger charge is -2.15. The maximum atomic E-state index is 12.9. The van der Waals surface area contributed by atoms with Crippen LogP contribution in [0.2, 0.25) is 0 Å². The predicted molar refractivity (Wildman–Crippen MR) is 139 cm³/mol. The Morgan fingerprint density at radius 1 is 0.838 bits per heavy atom. The van der Waals surface area contributed by atoms with Gasteiger partial charge in [-0.1, -0.05) is 12.1 Å². The minimum Gasteiger partial charge on any atom is -0.493 e. The normalized spacial score (nSPS) is 14.3. The van der Waals surface area contributed by atoms with Gasteiger partial charge in [-0.25, -0.2) is 8.42 Å². The summed E-state index contributed by atoms with van der Waals surface area (Å²) in [6.45, 7) is 0. The maximum Gasteiger partial charge on any atom is 0.290 e. The van der Waals surface area contributed by atoms with E-state index in [1.807, 2.05) is 0 Å². The minimum atomic E-state index is -3.92. The summed E-state index contributed by atoms with van der Waals surface area (Å²) in [6, 6.07) is 15.7. The van der Waals surface area contributed by atoms with Gasteiger partial charge in [0.2, 0.25) is 5.75 Å². The number of benzene rings is 3. The van der Waals surface area contributed by atoms with Crippen molar-refractivity contribution in [1.29, 1.82) is 0 Å². The van der Waals surface area contributed by atoms with Crippen LogP contribution in [0.15, 0.2) is 70.5 Å². The molecule has 2 amide bonds. The Bertz CT molecular complexity index is 1440. The number of sulfonamides is 1. The van der Waals surface area contributed by atoms with Gasteiger partial charge in [-0.05, 0) is 59.8 Å². The van der Waals surface area contributed by atoms with E-state index in [4.69, 9.17) is 18.9 Å². The van der Waals surface area contributed by atoms with Crippen molar-refractivity contribution >= 4 is 44.7 Å². The average molecular weight is 543 g/mol. The number of carbonyl (C=O) groups is 2. The maximum absolute atomic E-state index is 12.9. The molecule has 10 nitrogen and oxygen atoms in total. The number of nitrogens with one attached hydrogen (secondary N) is 2. The van der Waals surface area contributed by atoms with Gasteiger partial charge in [-0.3, -0.25) is 19.6 Å². The second-order valence-electron chi connectivity index (χ2n) is 7.51. The molecule has 12 heteroatoms. The Kier molecular flexibility index (Phi) is 7.60. The van der Waals surface area contributed by atoms with Gasteiger partial charge >= 0.3 is 0 Å². The van der Waals surface area contributed by atoms with Crippen molar-refractivity contribution in [2.45, 2.75) is 4.90 Å². The van der Waals surface area contributed by atoms with E-state index >= 15 is 0 Å². The molecular weight excluding hydrogens is 520 g/mol. The highest BCUT2D eigenvalue weighted by Gasteiger charge is 2.25. The molecule has 0 bridgehead atoms. The number of imide groups is 1. The van der Waals surface area contributed by atoms with Gasteiger partial charge in [0.25, 0.3) is 21.2 Å². The van der Waals surface area contributed by atoms with Crippen LogP contribution in [0.3, 0.4) is 0 Å². The summed E-state index contributed by atoms with van der Waals surface area (Å²) in [7, 11) is 0.414. The van der Waals surface area contributed by atoms with E-state index in [9.17, 15) is 18.0 Å². The lowest BCUT2D eigenvalue weighted by molar-refractivity contribution is -0.115. The van der Waals surface area contributed by atoms with Crippen LogP contribution >= 0.6 is 11.8 Å². The molecule has 0 unspecified atom stereocenters. The molecule has 1 fully saturated rings. The highest BCUT2D eigenvalue weighted by molar-refractivity contribution is 8.18. The number of thioether (sulfide) groups is 1. The highest BCUT2D eigenvalue weighted by atomic mass is 32.2. The summed E-state index contributed by atoms with van der Waals surface area (Å²) < 4.78 is 50.0.